The van der Waals surface area contributed by atoms with Crippen LogP contribution < -0.4 is 10.2 Å². The number of hydrogen-bond acceptors (Lipinski definition) is 5. The zero-order chi connectivity index (χ0) is 15.7. The molecule has 0 aliphatic rings. The number of likely N-dealkylation sites (N-methyl/N-ethyl adjacent to an activating group) is 1. The van der Waals surface area contributed by atoms with Gasteiger partial charge in [-0.25, -0.2) is 9.97 Å². The Morgan fingerprint density at radius 1 is 1.29 bits per heavy atom. The smallest absolute Gasteiger partial charge is 0.131 e. The van der Waals surface area contributed by atoms with Crippen molar-refractivity contribution in [1.82, 2.24) is 15.3 Å². The molecule has 0 aromatic carbocycles. The second kappa shape index (κ2) is 9.68. The van der Waals surface area contributed by atoms with Crippen LogP contribution in [0.1, 0.15) is 52.1 Å². The molecule has 0 amide bonds. The van der Waals surface area contributed by atoms with Crippen LogP contribution in [0.5, 0.6) is 0 Å². The molecule has 0 radical (unpaired) electrons. The van der Waals surface area contributed by atoms with Gasteiger partial charge in [0, 0.05) is 32.2 Å². The minimum absolute atomic E-state index is 0.345. The van der Waals surface area contributed by atoms with Crippen LogP contribution in [-0.2, 0) is 11.3 Å². The maximum absolute atomic E-state index is 5.47. The van der Waals surface area contributed by atoms with Crippen molar-refractivity contribution in [2.75, 3.05) is 37.7 Å². The van der Waals surface area contributed by atoms with Gasteiger partial charge in [0.25, 0.3) is 0 Å². The van der Waals surface area contributed by atoms with Crippen LogP contribution in [0.3, 0.4) is 0 Å². The van der Waals surface area contributed by atoms with Crippen LogP contribution in [0.15, 0.2) is 6.20 Å². The molecule has 0 bridgehead atoms. The third kappa shape index (κ3) is 5.59. The summed E-state index contributed by atoms with van der Waals surface area (Å²) in [7, 11) is 0. The zero-order valence-corrected chi connectivity index (χ0v) is 14.1. The predicted octanol–water partition coefficient (Wildman–Crippen LogP) is 2.57. The highest BCUT2D eigenvalue weighted by atomic mass is 16.5. The van der Waals surface area contributed by atoms with E-state index in [1.807, 2.05) is 13.1 Å². The van der Waals surface area contributed by atoms with Gasteiger partial charge in [-0.3, -0.25) is 0 Å². The summed E-state index contributed by atoms with van der Waals surface area (Å²) < 4.78 is 5.47. The first kappa shape index (κ1) is 17.9. The topological polar surface area (TPSA) is 50.3 Å². The Balaban J connectivity index is 2.95. The van der Waals surface area contributed by atoms with E-state index in [0.29, 0.717) is 5.92 Å². The molecule has 1 aromatic rings. The second-order valence-electron chi connectivity index (χ2n) is 5.27. The molecular formula is C16H30N4O. The van der Waals surface area contributed by atoms with Gasteiger partial charge in [0.1, 0.15) is 5.82 Å². The Kier molecular flexibility index (Phi) is 8.23. The maximum atomic E-state index is 5.47. The van der Waals surface area contributed by atoms with Gasteiger partial charge in [-0.15, -0.1) is 0 Å². The molecule has 120 valence electrons. The monoisotopic (exact) mass is 294 g/mol. The predicted molar refractivity (Wildman–Crippen MR) is 87.9 cm³/mol. The van der Waals surface area contributed by atoms with Crippen molar-refractivity contribution in [3.63, 3.8) is 0 Å². The lowest BCUT2D eigenvalue weighted by atomic mass is 10.2. The van der Waals surface area contributed by atoms with E-state index < -0.39 is 0 Å². The highest BCUT2D eigenvalue weighted by Crippen LogP contribution is 2.20. The molecule has 0 unspecified atom stereocenters. The molecule has 5 nitrogen and oxygen atoms in total. The molecule has 1 rings (SSSR count). The second-order valence-corrected chi connectivity index (χ2v) is 5.27. The van der Waals surface area contributed by atoms with E-state index in [1.54, 1.807) is 0 Å². The SMILES string of the molecule is CCNCc1nc(C(C)C)ncc1N(CC)CCOCC. The average molecular weight is 294 g/mol. The fraction of sp³-hybridized carbons (Fsp3) is 0.750. The van der Waals surface area contributed by atoms with Crippen LogP contribution in [0.25, 0.3) is 0 Å². The molecule has 0 aliphatic heterocycles. The summed E-state index contributed by atoms with van der Waals surface area (Å²) in [6.07, 6.45) is 1.96. The largest absolute Gasteiger partial charge is 0.380 e. The van der Waals surface area contributed by atoms with Crippen LogP contribution in [-0.4, -0.2) is 42.8 Å². The third-order valence-electron chi connectivity index (χ3n) is 3.36. The Morgan fingerprint density at radius 3 is 2.62 bits per heavy atom. The number of hydrogen-bond donors (Lipinski definition) is 1. The van der Waals surface area contributed by atoms with Crippen LogP contribution in [0.2, 0.25) is 0 Å². The van der Waals surface area contributed by atoms with Crippen molar-refractivity contribution in [3.05, 3.63) is 17.7 Å². The van der Waals surface area contributed by atoms with Gasteiger partial charge in [-0.05, 0) is 20.4 Å². The first-order valence-electron chi connectivity index (χ1n) is 8.03. The highest BCUT2D eigenvalue weighted by molar-refractivity contribution is 5.49. The van der Waals surface area contributed by atoms with E-state index in [9.17, 15) is 0 Å². The number of rotatable bonds is 10. The van der Waals surface area contributed by atoms with Crippen molar-refractivity contribution >= 4 is 5.69 Å². The molecule has 1 N–H and O–H groups in total. The summed E-state index contributed by atoms with van der Waals surface area (Å²) >= 11 is 0. The molecule has 1 heterocycles. The fourth-order valence-electron chi connectivity index (χ4n) is 2.11. The van der Waals surface area contributed by atoms with E-state index in [4.69, 9.17) is 9.72 Å². The van der Waals surface area contributed by atoms with Crippen LogP contribution >= 0.6 is 0 Å². The Morgan fingerprint density at radius 2 is 2.05 bits per heavy atom. The van der Waals surface area contributed by atoms with E-state index in [1.165, 1.54) is 0 Å². The number of nitrogens with zero attached hydrogens (tertiary/aromatic N) is 3. The molecule has 0 atom stereocenters. The van der Waals surface area contributed by atoms with E-state index in [2.05, 4.69) is 42.9 Å². The summed E-state index contributed by atoms with van der Waals surface area (Å²) in [5.41, 5.74) is 2.19. The van der Waals surface area contributed by atoms with Crippen molar-refractivity contribution in [2.24, 2.45) is 0 Å². The lowest BCUT2D eigenvalue weighted by molar-refractivity contribution is 0.154. The summed E-state index contributed by atoms with van der Waals surface area (Å²) in [5.74, 6) is 1.26. The summed E-state index contributed by atoms with van der Waals surface area (Å²) in [6, 6.07) is 0. The summed E-state index contributed by atoms with van der Waals surface area (Å²) in [4.78, 5) is 11.6. The molecule has 0 saturated heterocycles. The van der Waals surface area contributed by atoms with Gasteiger partial charge in [-0.1, -0.05) is 20.8 Å². The molecule has 0 spiro atoms. The normalized spacial score (nSPS) is 11.1. The van der Waals surface area contributed by atoms with Gasteiger partial charge < -0.3 is 15.0 Å². The highest BCUT2D eigenvalue weighted by Gasteiger charge is 2.14. The van der Waals surface area contributed by atoms with Crippen molar-refractivity contribution in [2.45, 2.75) is 47.1 Å². The number of nitrogens with one attached hydrogen (secondary N) is 1. The molecule has 0 saturated carbocycles. The molecule has 21 heavy (non-hydrogen) atoms. The minimum atomic E-state index is 0.345. The van der Waals surface area contributed by atoms with E-state index in [-0.39, 0.29) is 0 Å². The van der Waals surface area contributed by atoms with Gasteiger partial charge in [0.05, 0.1) is 24.2 Å². The summed E-state index contributed by atoms with van der Waals surface area (Å²) in [6.45, 7) is 15.5. The number of ether oxygens (including phenoxy) is 1. The maximum Gasteiger partial charge on any atom is 0.131 e. The first-order chi connectivity index (χ1) is 10.1. The standard InChI is InChI=1S/C16H30N4O/c1-6-17-11-14-15(12-18-16(19-14)13(4)5)20(7-2)9-10-21-8-3/h12-13,17H,6-11H2,1-5H3. The Bertz CT molecular complexity index is 409. The molecule has 5 heteroatoms. The van der Waals surface area contributed by atoms with Gasteiger partial charge in [0.2, 0.25) is 0 Å². The first-order valence-corrected chi connectivity index (χ1v) is 8.03. The van der Waals surface area contributed by atoms with Gasteiger partial charge in [0.15, 0.2) is 0 Å². The molecular weight excluding hydrogens is 264 g/mol. The van der Waals surface area contributed by atoms with Gasteiger partial charge in [-0.2, -0.15) is 0 Å². The molecule has 1 aromatic heterocycles. The fourth-order valence-corrected chi connectivity index (χ4v) is 2.11. The lowest BCUT2D eigenvalue weighted by Crippen LogP contribution is -2.30. The third-order valence-corrected chi connectivity index (χ3v) is 3.36. The quantitative estimate of drug-likeness (QED) is 0.672. The lowest BCUT2D eigenvalue weighted by Gasteiger charge is -2.25. The van der Waals surface area contributed by atoms with Gasteiger partial charge >= 0.3 is 0 Å². The Hall–Kier alpha value is -1.20. The number of anilines is 1. The summed E-state index contributed by atoms with van der Waals surface area (Å²) in [5, 5.41) is 3.37. The molecule has 0 fully saturated rings. The van der Waals surface area contributed by atoms with E-state index in [0.717, 1.165) is 56.6 Å². The Labute approximate surface area is 129 Å². The van der Waals surface area contributed by atoms with Crippen LogP contribution in [0, 0.1) is 0 Å². The average Bonchev–Trinajstić information content (AvgIpc) is 2.49. The van der Waals surface area contributed by atoms with Crippen LogP contribution in [0.4, 0.5) is 5.69 Å². The van der Waals surface area contributed by atoms with Crippen molar-refractivity contribution < 1.29 is 4.74 Å². The van der Waals surface area contributed by atoms with Crippen molar-refractivity contribution in [3.8, 4) is 0 Å². The van der Waals surface area contributed by atoms with Crippen molar-refractivity contribution in [1.29, 1.82) is 0 Å². The zero-order valence-electron chi connectivity index (χ0n) is 14.1. The van der Waals surface area contributed by atoms with E-state index >= 15 is 0 Å². The number of aromatic nitrogens is 2. The molecule has 0 aliphatic carbocycles. The minimum Gasteiger partial charge on any atom is -0.380 e.